The normalized spacial score (nSPS) is 11.6. The summed E-state index contributed by atoms with van der Waals surface area (Å²) in [7, 11) is 0. The minimum absolute atomic E-state index is 0.391. The molecule has 1 aromatic carbocycles. The van der Waals surface area contributed by atoms with Crippen molar-refractivity contribution < 1.29 is 13.2 Å². The number of hydrogen-bond acceptors (Lipinski definition) is 3. The van der Waals surface area contributed by atoms with Crippen LogP contribution in [0.15, 0.2) is 34.1 Å². The Hall–Kier alpha value is -1.21. The Kier molecular flexibility index (Phi) is 4.05. The van der Waals surface area contributed by atoms with Crippen molar-refractivity contribution in [2.45, 2.75) is 12.7 Å². The van der Waals surface area contributed by atoms with Crippen molar-refractivity contribution in [2.75, 3.05) is 11.1 Å². The van der Waals surface area contributed by atoms with Gasteiger partial charge < -0.3 is 11.1 Å². The molecule has 3 N–H and O–H groups in total. The fraction of sp³-hybridized carbons (Fsp3) is 0.167. The lowest BCUT2D eigenvalue weighted by molar-refractivity contribution is -0.137. The standard InChI is InChI=1S/C12H10BrF3N2S/c13-8-2-1-7(12(14,15)16)5-10(8)18-6-11-9(17)3-4-19-11/h1-5,18H,6,17H2. The lowest BCUT2D eigenvalue weighted by Crippen LogP contribution is -2.07. The molecule has 2 aromatic rings. The molecule has 0 spiro atoms. The zero-order chi connectivity index (χ0) is 14.0. The third-order valence-corrected chi connectivity index (χ3v) is 4.14. The van der Waals surface area contributed by atoms with Gasteiger partial charge in [-0.3, -0.25) is 0 Å². The van der Waals surface area contributed by atoms with E-state index in [1.807, 2.05) is 5.38 Å². The van der Waals surface area contributed by atoms with Crippen LogP contribution in [0.5, 0.6) is 0 Å². The van der Waals surface area contributed by atoms with Gasteiger partial charge in [0.1, 0.15) is 0 Å². The summed E-state index contributed by atoms with van der Waals surface area (Å²) in [5.41, 5.74) is 6.07. The van der Waals surface area contributed by atoms with E-state index in [1.54, 1.807) is 6.07 Å². The summed E-state index contributed by atoms with van der Waals surface area (Å²) >= 11 is 4.68. The molecular weight excluding hydrogens is 341 g/mol. The van der Waals surface area contributed by atoms with Gasteiger partial charge in [-0.2, -0.15) is 13.2 Å². The van der Waals surface area contributed by atoms with Crippen LogP contribution in [0.1, 0.15) is 10.4 Å². The molecule has 7 heteroatoms. The lowest BCUT2D eigenvalue weighted by Gasteiger charge is -2.12. The van der Waals surface area contributed by atoms with Crippen molar-refractivity contribution in [3.05, 3.63) is 44.6 Å². The van der Waals surface area contributed by atoms with Crippen LogP contribution in [-0.2, 0) is 12.7 Å². The van der Waals surface area contributed by atoms with Gasteiger partial charge in [0.2, 0.25) is 0 Å². The predicted octanol–water partition coefficient (Wildman–Crippen LogP) is 4.72. The molecule has 0 radical (unpaired) electrons. The van der Waals surface area contributed by atoms with Crippen LogP contribution in [0.4, 0.5) is 24.5 Å². The van der Waals surface area contributed by atoms with Gasteiger partial charge in [0, 0.05) is 20.7 Å². The van der Waals surface area contributed by atoms with Gasteiger partial charge in [-0.1, -0.05) is 0 Å². The molecule has 0 fully saturated rings. The summed E-state index contributed by atoms with van der Waals surface area (Å²) in [6, 6.07) is 5.26. The van der Waals surface area contributed by atoms with E-state index in [1.165, 1.54) is 17.4 Å². The third kappa shape index (κ3) is 3.42. The Morgan fingerprint density at radius 1 is 1.26 bits per heavy atom. The summed E-state index contributed by atoms with van der Waals surface area (Å²) in [5, 5.41) is 4.79. The molecule has 0 saturated carbocycles. The van der Waals surface area contributed by atoms with Crippen LogP contribution in [0, 0.1) is 0 Å². The average molecular weight is 351 g/mol. The molecule has 1 aromatic heterocycles. The molecule has 2 nitrogen and oxygen atoms in total. The number of halogens is 4. The number of thiophene rings is 1. The van der Waals surface area contributed by atoms with Gasteiger partial charge in [-0.15, -0.1) is 11.3 Å². The first-order valence-electron chi connectivity index (χ1n) is 5.30. The van der Waals surface area contributed by atoms with E-state index >= 15 is 0 Å². The van der Waals surface area contributed by atoms with E-state index in [0.717, 1.165) is 17.0 Å². The van der Waals surface area contributed by atoms with Gasteiger partial charge >= 0.3 is 6.18 Å². The molecular formula is C12H10BrF3N2S. The van der Waals surface area contributed by atoms with Crippen LogP contribution in [0.25, 0.3) is 0 Å². The maximum atomic E-state index is 12.6. The SMILES string of the molecule is Nc1ccsc1CNc1cc(C(F)(F)F)ccc1Br. The van der Waals surface area contributed by atoms with Gasteiger partial charge in [-0.25, -0.2) is 0 Å². The third-order valence-electron chi connectivity index (χ3n) is 2.51. The summed E-state index contributed by atoms with van der Waals surface area (Å²) in [6.45, 7) is 0.392. The van der Waals surface area contributed by atoms with E-state index < -0.39 is 11.7 Å². The minimum Gasteiger partial charge on any atom is -0.398 e. The largest absolute Gasteiger partial charge is 0.416 e. The van der Waals surface area contributed by atoms with Crippen molar-refractivity contribution in [3.63, 3.8) is 0 Å². The van der Waals surface area contributed by atoms with Gasteiger partial charge in [0.15, 0.2) is 0 Å². The molecule has 0 bridgehead atoms. The number of rotatable bonds is 3. The highest BCUT2D eigenvalue weighted by Crippen LogP contribution is 2.34. The first-order chi connectivity index (χ1) is 8.88. The molecule has 0 amide bonds. The van der Waals surface area contributed by atoms with E-state index in [4.69, 9.17) is 5.73 Å². The summed E-state index contributed by atoms with van der Waals surface area (Å²) in [4.78, 5) is 0.893. The van der Waals surface area contributed by atoms with Crippen molar-refractivity contribution >= 4 is 38.6 Å². The van der Waals surface area contributed by atoms with Crippen molar-refractivity contribution in [3.8, 4) is 0 Å². The molecule has 102 valence electrons. The number of nitrogen functional groups attached to an aromatic ring is 1. The summed E-state index contributed by atoms with van der Waals surface area (Å²) in [5.74, 6) is 0. The molecule has 0 atom stereocenters. The Balaban J connectivity index is 2.18. The molecule has 0 saturated heterocycles. The van der Waals surface area contributed by atoms with Crippen molar-refractivity contribution in [1.82, 2.24) is 0 Å². The quantitative estimate of drug-likeness (QED) is 0.840. The molecule has 0 aliphatic heterocycles. The van der Waals surface area contributed by atoms with Crippen LogP contribution in [0.2, 0.25) is 0 Å². The zero-order valence-corrected chi connectivity index (χ0v) is 12.0. The highest BCUT2D eigenvalue weighted by Gasteiger charge is 2.30. The van der Waals surface area contributed by atoms with Crippen LogP contribution in [0.3, 0.4) is 0 Å². The second-order valence-corrected chi connectivity index (χ2v) is 5.70. The predicted molar refractivity (Wildman–Crippen MR) is 75.2 cm³/mol. The first-order valence-corrected chi connectivity index (χ1v) is 6.97. The topological polar surface area (TPSA) is 38.0 Å². The number of nitrogens with one attached hydrogen (secondary N) is 1. The monoisotopic (exact) mass is 350 g/mol. The smallest absolute Gasteiger partial charge is 0.398 e. The van der Waals surface area contributed by atoms with Gasteiger partial charge in [0.05, 0.1) is 12.1 Å². The van der Waals surface area contributed by atoms with E-state index in [-0.39, 0.29) is 0 Å². The Morgan fingerprint density at radius 3 is 2.58 bits per heavy atom. The number of benzene rings is 1. The van der Waals surface area contributed by atoms with Crippen LogP contribution < -0.4 is 11.1 Å². The fourth-order valence-corrected chi connectivity index (χ4v) is 2.63. The van der Waals surface area contributed by atoms with Crippen molar-refractivity contribution in [1.29, 1.82) is 0 Å². The lowest BCUT2D eigenvalue weighted by atomic mass is 10.2. The number of anilines is 2. The summed E-state index contributed by atoms with van der Waals surface area (Å²) in [6.07, 6.45) is -4.35. The fourth-order valence-electron chi connectivity index (χ4n) is 1.51. The Morgan fingerprint density at radius 2 is 2.00 bits per heavy atom. The number of hydrogen-bond donors (Lipinski definition) is 2. The zero-order valence-electron chi connectivity index (χ0n) is 9.59. The van der Waals surface area contributed by atoms with Crippen LogP contribution >= 0.6 is 27.3 Å². The van der Waals surface area contributed by atoms with Crippen LogP contribution in [-0.4, -0.2) is 0 Å². The highest BCUT2D eigenvalue weighted by molar-refractivity contribution is 9.10. The molecule has 0 unspecified atom stereocenters. The second kappa shape index (κ2) is 5.42. The maximum Gasteiger partial charge on any atom is 0.416 e. The molecule has 1 heterocycles. The van der Waals surface area contributed by atoms with Gasteiger partial charge in [0.25, 0.3) is 0 Å². The first kappa shape index (κ1) is 14.2. The number of alkyl halides is 3. The Bertz CT molecular complexity index is 581. The molecule has 0 aliphatic carbocycles. The van der Waals surface area contributed by atoms with Crippen molar-refractivity contribution in [2.24, 2.45) is 0 Å². The van der Waals surface area contributed by atoms with E-state index in [0.29, 0.717) is 22.4 Å². The molecule has 19 heavy (non-hydrogen) atoms. The average Bonchev–Trinajstić information content (AvgIpc) is 2.72. The van der Waals surface area contributed by atoms with E-state index in [9.17, 15) is 13.2 Å². The maximum absolute atomic E-state index is 12.6. The van der Waals surface area contributed by atoms with E-state index in [2.05, 4.69) is 21.2 Å². The highest BCUT2D eigenvalue weighted by atomic mass is 79.9. The molecule has 0 aliphatic rings. The number of nitrogens with two attached hydrogens (primary N) is 1. The Labute approximate surface area is 120 Å². The minimum atomic E-state index is -4.35. The summed E-state index contributed by atoms with van der Waals surface area (Å²) < 4.78 is 38.4. The van der Waals surface area contributed by atoms with Gasteiger partial charge in [-0.05, 0) is 45.6 Å². The molecule has 2 rings (SSSR count). The second-order valence-electron chi connectivity index (χ2n) is 3.85.